The molecule has 0 aliphatic rings. The van der Waals surface area contributed by atoms with E-state index in [1.54, 1.807) is 6.07 Å². The first-order chi connectivity index (χ1) is 7.65. The summed E-state index contributed by atoms with van der Waals surface area (Å²) >= 11 is 0. The minimum Gasteiger partial charge on any atom is -0.508 e. The Labute approximate surface area is 96.5 Å². The Morgan fingerprint density at radius 3 is 2.62 bits per heavy atom. The van der Waals surface area contributed by atoms with E-state index in [4.69, 9.17) is 0 Å². The van der Waals surface area contributed by atoms with E-state index in [2.05, 4.69) is 19.2 Å². The molecule has 0 saturated carbocycles. The molecule has 1 atom stereocenters. The van der Waals surface area contributed by atoms with E-state index in [9.17, 15) is 9.50 Å². The number of nitrogens with one attached hydrogen (secondary N) is 1. The largest absolute Gasteiger partial charge is 0.508 e. The van der Waals surface area contributed by atoms with Gasteiger partial charge in [0, 0.05) is 18.7 Å². The molecule has 0 aliphatic heterocycles. The Kier molecular flexibility index (Phi) is 5.26. The number of halogens is 1. The van der Waals surface area contributed by atoms with Crippen molar-refractivity contribution >= 4 is 0 Å². The number of rotatable bonds is 6. The van der Waals surface area contributed by atoms with Crippen molar-refractivity contribution in [1.82, 2.24) is 5.32 Å². The van der Waals surface area contributed by atoms with Crippen molar-refractivity contribution in [2.24, 2.45) is 0 Å². The molecule has 0 amide bonds. The number of phenols is 1. The lowest BCUT2D eigenvalue weighted by Gasteiger charge is -2.16. The SMILES string of the molecule is CCCC(CC)NCc1cc(O)cc(F)c1. The molecule has 1 aromatic rings. The molecule has 0 heterocycles. The first kappa shape index (κ1) is 13.0. The van der Waals surface area contributed by atoms with Gasteiger partial charge in [0.15, 0.2) is 0 Å². The topological polar surface area (TPSA) is 32.3 Å². The summed E-state index contributed by atoms with van der Waals surface area (Å²) in [6, 6.07) is 4.63. The maximum Gasteiger partial charge on any atom is 0.127 e. The molecule has 16 heavy (non-hydrogen) atoms. The van der Waals surface area contributed by atoms with Crippen LogP contribution in [0, 0.1) is 5.82 Å². The van der Waals surface area contributed by atoms with Crippen LogP contribution in [0.15, 0.2) is 18.2 Å². The van der Waals surface area contributed by atoms with E-state index in [1.807, 2.05) is 0 Å². The average molecular weight is 225 g/mol. The van der Waals surface area contributed by atoms with Gasteiger partial charge in [0.05, 0.1) is 0 Å². The first-order valence-electron chi connectivity index (χ1n) is 5.87. The molecule has 1 rings (SSSR count). The number of hydrogen-bond acceptors (Lipinski definition) is 2. The molecule has 0 spiro atoms. The lowest BCUT2D eigenvalue weighted by molar-refractivity contribution is 0.453. The third kappa shape index (κ3) is 4.19. The smallest absolute Gasteiger partial charge is 0.127 e. The molecule has 0 fully saturated rings. The maximum atomic E-state index is 13.0. The van der Waals surface area contributed by atoms with Crippen LogP contribution in [0.3, 0.4) is 0 Å². The second kappa shape index (κ2) is 6.48. The van der Waals surface area contributed by atoms with Crippen LogP contribution < -0.4 is 5.32 Å². The molecular weight excluding hydrogens is 205 g/mol. The Bertz CT molecular complexity index is 307. The van der Waals surface area contributed by atoms with E-state index < -0.39 is 0 Å². The molecule has 0 aromatic heterocycles. The zero-order valence-electron chi connectivity index (χ0n) is 9.96. The number of phenolic OH excluding ortho intramolecular Hbond substituents is 1. The van der Waals surface area contributed by atoms with E-state index in [0.717, 1.165) is 30.9 Å². The molecule has 90 valence electrons. The molecule has 1 aromatic carbocycles. The van der Waals surface area contributed by atoms with Gasteiger partial charge in [-0.05, 0) is 30.5 Å². The monoisotopic (exact) mass is 225 g/mol. The third-order valence-corrected chi connectivity index (χ3v) is 2.67. The maximum absolute atomic E-state index is 13.0. The summed E-state index contributed by atoms with van der Waals surface area (Å²) in [7, 11) is 0. The fourth-order valence-electron chi connectivity index (χ4n) is 1.80. The molecule has 3 heteroatoms. The van der Waals surface area contributed by atoms with Crippen molar-refractivity contribution in [2.45, 2.75) is 45.7 Å². The van der Waals surface area contributed by atoms with Gasteiger partial charge in [-0.1, -0.05) is 20.3 Å². The van der Waals surface area contributed by atoms with Gasteiger partial charge >= 0.3 is 0 Å². The van der Waals surface area contributed by atoms with Crippen LogP contribution in [0.25, 0.3) is 0 Å². The van der Waals surface area contributed by atoms with E-state index in [-0.39, 0.29) is 11.6 Å². The quantitative estimate of drug-likeness (QED) is 0.779. The normalized spacial score (nSPS) is 12.7. The molecule has 1 unspecified atom stereocenters. The number of hydrogen-bond donors (Lipinski definition) is 2. The van der Waals surface area contributed by atoms with E-state index in [0.29, 0.717) is 12.6 Å². The van der Waals surface area contributed by atoms with E-state index in [1.165, 1.54) is 6.07 Å². The highest BCUT2D eigenvalue weighted by Crippen LogP contribution is 2.14. The van der Waals surface area contributed by atoms with Crippen molar-refractivity contribution in [2.75, 3.05) is 0 Å². The Morgan fingerprint density at radius 2 is 2.06 bits per heavy atom. The second-order valence-corrected chi connectivity index (χ2v) is 4.09. The van der Waals surface area contributed by atoms with Crippen molar-refractivity contribution in [1.29, 1.82) is 0 Å². The summed E-state index contributed by atoms with van der Waals surface area (Å²) < 4.78 is 13.0. The van der Waals surface area contributed by atoms with Gasteiger partial charge in [0.1, 0.15) is 11.6 Å². The molecule has 0 aliphatic carbocycles. The van der Waals surface area contributed by atoms with Gasteiger partial charge in [-0.25, -0.2) is 4.39 Å². The Hall–Kier alpha value is -1.09. The lowest BCUT2D eigenvalue weighted by atomic mass is 10.1. The number of benzene rings is 1. The predicted octanol–water partition coefficient (Wildman–Crippen LogP) is 3.20. The zero-order valence-corrected chi connectivity index (χ0v) is 9.96. The van der Waals surface area contributed by atoms with Crippen LogP contribution in [0.2, 0.25) is 0 Å². The summed E-state index contributed by atoms with van der Waals surface area (Å²) in [6.45, 7) is 4.89. The summed E-state index contributed by atoms with van der Waals surface area (Å²) in [5, 5.41) is 12.6. The lowest BCUT2D eigenvalue weighted by Crippen LogP contribution is -2.27. The molecular formula is C13H20FNO. The molecule has 0 saturated heterocycles. The Balaban J connectivity index is 2.52. The van der Waals surface area contributed by atoms with Crippen LogP contribution in [-0.2, 0) is 6.54 Å². The summed E-state index contributed by atoms with van der Waals surface area (Å²) in [6.07, 6.45) is 3.33. The van der Waals surface area contributed by atoms with Crippen LogP contribution in [0.5, 0.6) is 5.75 Å². The van der Waals surface area contributed by atoms with Crippen molar-refractivity contribution in [3.05, 3.63) is 29.6 Å². The van der Waals surface area contributed by atoms with Crippen molar-refractivity contribution < 1.29 is 9.50 Å². The van der Waals surface area contributed by atoms with E-state index >= 15 is 0 Å². The summed E-state index contributed by atoms with van der Waals surface area (Å²) in [5.41, 5.74) is 0.784. The van der Waals surface area contributed by atoms with Crippen molar-refractivity contribution in [3.63, 3.8) is 0 Å². The highest BCUT2D eigenvalue weighted by atomic mass is 19.1. The fraction of sp³-hybridized carbons (Fsp3) is 0.538. The van der Waals surface area contributed by atoms with Crippen LogP contribution in [0.4, 0.5) is 4.39 Å². The van der Waals surface area contributed by atoms with Crippen LogP contribution >= 0.6 is 0 Å². The van der Waals surface area contributed by atoms with Gasteiger partial charge in [0.25, 0.3) is 0 Å². The minimum absolute atomic E-state index is 0.0136. The summed E-state index contributed by atoms with van der Waals surface area (Å²) in [5.74, 6) is -0.402. The Morgan fingerprint density at radius 1 is 1.31 bits per heavy atom. The van der Waals surface area contributed by atoms with Crippen molar-refractivity contribution in [3.8, 4) is 5.75 Å². The van der Waals surface area contributed by atoms with Gasteiger partial charge < -0.3 is 10.4 Å². The highest BCUT2D eigenvalue weighted by Gasteiger charge is 2.05. The summed E-state index contributed by atoms with van der Waals surface area (Å²) in [4.78, 5) is 0. The van der Waals surface area contributed by atoms with Crippen LogP contribution in [-0.4, -0.2) is 11.1 Å². The predicted molar refractivity (Wildman–Crippen MR) is 63.9 cm³/mol. The second-order valence-electron chi connectivity index (χ2n) is 4.09. The average Bonchev–Trinajstić information content (AvgIpc) is 2.23. The molecule has 2 N–H and O–H groups in total. The molecule has 0 radical (unpaired) electrons. The minimum atomic E-state index is -0.389. The van der Waals surface area contributed by atoms with Gasteiger partial charge in [0.2, 0.25) is 0 Å². The standard InChI is InChI=1S/C13H20FNO/c1-3-5-12(4-2)15-9-10-6-11(14)8-13(16)7-10/h6-8,12,15-16H,3-5,9H2,1-2H3. The van der Waals surface area contributed by atoms with Gasteiger partial charge in [-0.15, -0.1) is 0 Å². The molecule has 2 nitrogen and oxygen atoms in total. The highest BCUT2D eigenvalue weighted by molar-refractivity contribution is 5.28. The zero-order chi connectivity index (χ0) is 12.0. The number of aromatic hydroxyl groups is 1. The fourth-order valence-corrected chi connectivity index (χ4v) is 1.80. The van der Waals surface area contributed by atoms with Gasteiger partial charge in [-0.3, -0.25) is 0 Å². The van der Waals surface area contributed by atoms with Crippen LogP contribution in [0.1, 0.15) is 38.7 Å². The van der Waals surface area contributed by atoms with Gasteiger partial charge in [-0.2, -0.15) is 0 Å². The molecule has 0 bridgehead atoms. The first-order valence-corrected chi connectivity index (χ1v) is 5.87. The third-order valence-electron chi connectivity index (χ3n) is 2.67.